The Kier molecular flexibility index (Phi) is 5.79. The number of hydrogen-bond acceptors (Lipinski definition) is 6. The standard InChI is InChI=1S/C27H42N2O5/c1-17(2)5-6-22-26(3,34-22)24-23(31-4)21(7-9-27(24)16-32-27)33-25(30)29-12-18(13-29)8-10-28-14-19-11-20(19)15-28/h5,18-24H,6-16H2,1-4H3/t19?,20?,21-,22-,23-,24-,26+,27+/m1/s1. The van der Waals surface area contributed by atoms with Crippen LogP contribution in [0.15, 0.2) is 11.6 Å². The van der Waals surface area contributed by atoms with E-state index < -0.39 is 0 Å². The summed E-state index contributed by atoms with van der Waals surface area (Å²) in [6.45, 7) is 12.6. The van der Waals surface area contributed by atoms with Crippen molar-refractivity contribution < 1.29 is 23.7 Å². The number of methoxy groups -OCH3 is 1. The monoisotopic (exact) mass is 474 g/mol. The zero-order chi connectivity index (χ0) is 23.7. The van der Waals surface area contributed by atoms with Gasteiger partial charge in [0.2, 0.25) is 0 Å². The fourth-order valence-electron chi connectivity index (χ4n) is 7.22. The van der Waals surface area contributed by atoms with Gasteiger partial charge in [-0.05, 0) is 77.2 Å². The second-order valence-corrected chi connectivity index (χ2v) is 12.4. The van der Waals surface area contributed by atoms with Crippen molar-refractivity contribution in [1.29, 1.82) is 0 Å². The number of amides is 1. The zero-order valence-electron chi connectivity index (χ0n) is 21.3. The number of ether oxygens (including phenoxy) is 4. The summed E-state index contributed by atoms with van der Waals surface area (Å²) in [5.41, 5.74) is 0.821. The molecule has 6 rings (SSSR count). The second kappa shape index (κ2) is 8.46. The highest BCUT2D eigenvalue weighted by Crippen LogP contribution is 2.59. The van der Waals surface area contributed by atoms with Crippen molar-refractivity contribution in [2.24, 2.45) is 23.7 Å². The van der Waals surface area contributed by atoms with Crippen molar-refractivity contribution in [3.63, 3.8) is 0 Å². The van der Waals surface area contributed by atoms with Gasteiger partial charge in [0, 0.05) is 33.3 Å². The van der Waals surface area contributed by atoms with E-state index in [0.717, 1.165) is 50.8 Å². The summed E-state index contributed by atoms with van der Waals surface area (Å²) in [6, 6.07) is 0. The molecular formula is C27H42N2O5. The van der Waals surface area contributed by atoms with Crippen LogP contribution in [0, 0.1) is 23.7 Å². The molecule has 4 aliphatic heterocycles. The second-order valence-electron chi connectivity index (χ2n) is 12.4. The molecule has 2 saturated carbocycles. The number of carbonyl (C=O) groups is 1. The minimum absolute atomic E-state index is 0.0722. The molecule has 6 aliphatic rings. The third kappa shape index (κ3) is 4.21. The lowest BCUT2D eigenvalue weighted by Gasteiger charge is -2.44. The largest absolute Gasteiger partial charge is 0.443 e. The number of epoxide rings is 2. The highest BCUT2D eigenvalue weighted by atomic mass is 16.6. The first-order valence-electron chi connectivity index (χ1n) is 13.5. The van der Waals surface area contributed by atoms with E-state index in [1.807, 2.05) is 4.90 Å². The number of fused-ring (bicyclic) bond motifs is 1. The molecule has 0 N–H and O–H groups in total. The summed E-state index contributed by atoms with van der Waals surface area (Å²) in [6.07, 6.45) is 6.99. The van der Waals surface area contributed by atoms with Crippen LogP contribution in [-0.2, 0) is 18.9 Å². The van der Waals surface area contributed by atoms with E-state index in [-0.39, 0.29) is 41.5 Å². The van der Waals surface area contributed by atoms with Gasteiger partial charge in [-0.3, -0.25) is 0 Å². The maximum absolute atomic E-state index is 13.0. The Labute approximate surface area is 204 Å². The van der Waals surface area contributed by atoms with Crippen molar-refractivity contribution in [3.05, 3.63) is 11.6 Å². The minimum atomic E-state index is -0.299. The molecule has 7 heteroatoms. The van der Waals surface area contributed by atoms with Crippen molar-refractivity contribution in [3.8, 4) is 0 Å². The number of carbonyl (C=O) groups excluding carboxylic acids is 1. The van der Waals surface area contributed by atoms with E-state index in [0.29, 0.717) is 5.92 Å². The van der Waals surface area contributed by atoms with Crippen LogP contribution in [0.1, 0.15) is 52.9 Å². The number of hydrogen-bond donors (Lipinski definition) is 0. The Morgan fingerprint density at radius 1 is 1.18 bits per heavy atom. The van der Waals surface area contributed by atoms with Gasteiger partial charge >= 0.3 is 6.09 Å². The first kappa shape index (κ1) is 23.3. The number of rotatable bonds is 8. The Bertz CT molecular complexity index is 823. The summed E-state index contributed by atoms with van der Waals surface area (Å²) in [4.78, 5) is 17.5. The van der Waals surface area contributed by atoms with Gasteiger partial charge in [0.1, 0.15) is 23.4 Å². The van der Waals surface area contributed by atoms with Gasteiger partial charge in [0.15, 0.2) is 0 Å². The van der Waals surface area contributed by atoms with Crippen LogP contribution in [0.4, 0.5) is 4.79 Å². The lowest BCUT2D eigenvalue weighted by atomic mass is 9.68. The van der Waals surface area contributed by atoms with Crippen molar-refractivity contribution in [2.75, 3.05) is 46.4 Å². The molecule has 190 valence electrons. The fraction of sp³-hybridized carbons (Fsp3) is 0.889. The smallest absolute Gasteiger partial charge is 0.410 e. The van der Waals surface area contributed by atoms with Crippen molar-refractivity contribution >= 4 is 6.09 Å². The van der Waals surface area contributed by atoms with E-state index in [4.69, 9.17) is 18.9 Å². The Morgan fingerprint density at radius 2 is 1.91 bits per heavy atom. The number of nitrogens with zero attached hydrogens (tertiary/aromatic N) is 2. The first-order chi connectivity index (χ1) is 16.3. The maximum atomic E-state index is 13.0. The molecule has 7 nitrogen and oxygen atoms in total. The number of allylic oxidation sites excluding steroid dienone is 1. The van der Waals surface area contributed by atoms with Crippen LogP contribution < -0.4 is 0 Å². The molecule has 4 heterocycles. The van der Waals surface area contributed by atoms with Crippen LogP contribution in [0.3, 0.4) is 0 Å². The predicted molar refractivity (Wildman–Crippen MR) is 128 cm³/mol. The Hall–Kier alpha value is -1.15. The molecule has 0 bridgehead atoms. The van der Waals surface area contributed by atoms with E-state index >= 15 is 0 Å². The average molecular weight is 475 g/mol. The summed E-state index contributed by atoms with van der Waals surface area (Å²) >= 11 is 0. The molecule has 2 unspecified atom stereocenters. The molecule has 0 aromatic rings. The Balaban J connectivity index is 1.02. The summed E-state index contributed by atoms with van der Waals surface area (Å²) in [5, 5.41) is 0. The lowest BCUT2D eigenvalue weighted by Crippen LogP contribution is -2.57. The van der Waals surface area contributed by atoms with Gasteiger partial charge in [-0.2, -0.15) is 0 Å². The molecular weight excluding hydrogens is 432 g/mol. The third-order valence-electron chi connectivity index (χ3n) is 9.61. The molecule has 0 aromatic carbocycles. The predicted octanol–water partition coefficient (Wildman–Crippen LogP) is 3.47. The lowest BCUT2D eigenvalue weighted by molar-refractivity contribution is -0.124. The molecule has 0 radical (unpaired) electrons. The molecule has 0 aromatic heterocycles. The topological polar surface area (TPSA) is 67.1 Å². The number of piperidine rings is 1. The molecule has 1 amide bonds. The van der Waals surface area contributed by atoms with Gasteiger partial charge in [0.05, 0.1) is 18.6 Å². The van der Waals surface area contributed by atoms with Gasteiger partial charge in [-0.1, -0.05) is 11.6 Å². The molecule has 34 heavy (non-hydrogen) atoms. The van der Waals surface area contributed by atoms with Gasteiger partial charge in [-0.15, -0.1) is 0 Å². The Morgan fingerprint density at radius 3 is 2.56 bits per heavy atom. The average Bonchev–Trinajstić information content (AvgIpc) is 3.73. The SMILES string of the molecule is CO[C@@H]1[C@H](OC(=O)N2CC(CCN3CC4CC4C3)C2)CC[C@]2(CO2)[C@H]1[C@@]1(C)O[C@@H]1CC=C(C)C. The third-order valence-corrected chi connectivity index (χ3v) is 9.61. The van der Waals surface area contributed by atoms with E-state index in [1.165, 1.54) is 38.0 Å². The molecule has 2 aliphatic carbocycles. The number of likely N-dealkylation sites (tertiary alicyclic amines) is 2. The van der Waals surface area contributed by atoms with Crippen LogP contribution in [0.5, 0.6) is 0 Å². The zero-order valence-corrected chi connectivity index (χ0v) is 21.3. The van der Waals surface area contributed by atoms with Crippen LogP contribution in [0.2, 0.25) is 0 Å². The van der Waals surface area contributed by atoms with Crippen molar-refractivity contribution in [1.82, 2.24) is 9.80 Å². The summed E-state index contributed by atoms with van der Waals surface area (Å²) < 4.78 is 24.4. The normalized spacial score (nSPS) is 45.0. The molecule has 1 spiro atoms. The van der Waals surface area contributed by atoms with Gasteiger partial charge in [0.25, 0.3) is 0 Å². The molecule has 4 saturated heterocycles. The fourth-order valence-corrected chi connectivity index (χ4v) is 7.22. The maximum Gasteiger partial charge on any atom is 0.410 e. The van der Waals surface area contributed by atoms with Gasteiger partial charge < -0.3 is 28.7 Å². The summed E-state index contributed by atoms with van der Waals surface area (Å²) in [7, 11) is 1.73. The quantitative estimate of drug-likeness (QED) is 0.396. The van der Waals surface area contributed by atoms with Crippen molar-refractivity contribution in [2.45, 2.75) is 82.4 Å². The van der Waals surface area contributed by atoms with Crippen LogP contribution in [-0.4, -0.2) is 91.8 Å². The van der Waals surface area contributed by atoms with E-state index in [9.17, 15) is 4.79 Å². The summed E-state index contributed by atoms with van der Waals surface area (Å²) in [5.74, 6) is 2.67. The first-order valence-corrected chi connectivity index (χ1v) is 13.5. The van der Waals surface area contributed by atoms with E-state index in [1.54, 1.807) is 7.11 Å². The molecule has 6 fully saturated rings. The highest BCUT2D eigenvalue weighted by Gasteiger charge is 2.72. The van der Waals surface area contributed by atoms with E-state index in [2.05, 4.69) is 31.7 Å². The molecule has 8 atom stereocenters. The highest BCUT2D eigenvalue weighted by molar-refractivity contribution is 5.69. The van der Waals surface area contributed by atoms with Crippen LogP contribution >= 0.6 is 0 Å². The van der Waals surface area contributed by atoms with Gasteiger partial charge in [-0.25, -0.2) is 4.79 Å². The van der Waals surface area contributed by atoms with Crippen LogP contribution in [0.25, 0.3) is 0 Å². The minimum Gasteiger partial charge on any atom is -0.443 e.